The average molecular weight is 488 g/mol. The van der Waals surface area contributed by atoms with Crippen LogP contribution in [0.2, 0.25) is 0 Å². The number of benzene rings is 2. The van der Waals surface area contributed by atoms with Gasteiger partial charge in [-0.25, -0.2) is 4.39 Å². The Hall–Kier alpha value is -4.31. The Kier molecular flexibility index (Phi) is 6.11. The van der Waals surface area contributed by atoms with E-state index in [-0.39, 0.29) is 17.6 Å². The van der Waals surface area contributed by atoms with Gasteiger partial charge >= 0.3 is 0 Å². The van der Waals surface area contributed by atoms with Crippen molar-refractivity contribution in [2.75, 3.05) is 26.0 Å². The summed E-state index contributed by atoms with van der Waals surface area (Å²) in [5, 5.41) is 21.0. The molecule has 0 saturated carbocycles. The van der Waals surface area contributed by atoms with Crippen molar-refractivity contribution in [3.05, 3.63) is 72.3 Å². The van der Waals surface area contributed by atoms with E-state index in [9.17, 15) is 5.21 Å². The van der Waals surface area contributed by atoms with Crippen LogP contribution in [0, 0.1) is 11.0 Å². The minimum atomic E-state index is -0.499. The number of halogens is 1. The molecule has 5 rings (SSSR count). The van der Waals surface area contributed by atoms with Gasteiger partial charge in [0.1, 0.15) is 22.9 Å². The summed E-state index contributed by atoms with van der Waals surface area (Å²) in [5.74, 6) is 0.0803. The maximum absolute atomic E-state index is 15.4. The summed E-state index contributed by atoms with van der Waals surface area (Å²) in [6, 6.07) is 10.3. The lowest BCUT2D eigenvalue weighted by Crippen LogP contribution is -2.31. The van der Waals surface area contributed by atoms with Crippen LogP contribution in [0.3, 0.4) is 0 Å². The molecule has 0 aliphatic rings. The van der Waals surface area contributed by atoms with Gasteiger partial charge in [-0.2, -0.15) is 5.10 Å². The number of hydrogen-bond acceptors (Lipinski definition) is 7. The first-order valence-electron chi connectivity index (χ1n) is 11.5. The van der Waals surface area contributed by atoms with Crippen molar-refractivity contribution >= 4 is 33.3 Å². The monoisotopic (exact) mass is 487 g/mol. The van der Waals surface area contributed by atoms with Crippen LogP contribution >= 0.6 is 0 Å². The molecule has 2 aromatic carbocycles. The molecule has 0 fully saturated rings. The van der Waals surface area contributed by atoms with Crippen LogP contribution in [0.25, 0.3) is 32.9 Å². The van der Waals surface area contributed by atoms with E-state index in [1.807, 2.05) is 51.3 Å². The van der Waals surface area contributed by atoms with Crippen molar-refractivity contribution in [3.63, 3.8) is 0 Å². The van der Waals surface area contributed by atoms with Crippen LogP contribution < -0.4 is 14.8 Å². The van der Waals surface area contributed by atoms with E-state index < -0.39 is 5.82 Å². The lowest BCUT2D eigenvalue weighted by Gasteiger charge is -2.21. The predicted octanol–water partition coefficient (Wildman–Crippen LogP) is 4.03. The van der Waals surface area contributed by atoms with Gasteiger partial charge in [-0.3, -0.25) is 19.7 Å². The van der Waals surface area contributed by atoms with E-state index in [1.54, 1.807) is 41.3 Å². The molecule has 3 heterocycles. The van der Waals surface area contributed by atoms with Gasteiger partial charge < -0.3 is 14.8 Å². The van der Waals surface area contributed by atoms with E-state index in [0.29, 0.717) is 38.8 Å². The molecule has 0 amide bonds. The lowest BCUT2D eigenvalue weighted by atomic mass is 10.1. The molecular weight excluding hydrogens is 461 g/mol. The molecule has 0 radical (unpaired) electrons. The number of nitrogens with one attached hydrogen (secondary N) is 1. The van der Waals surface area contributed by atoms with Gasteiger partial charge in [0.15, 0.2) is 11.3 Å². The second kappa shape index (κ2) is 9.38. The van der Waals surface area contributed by atoms with Gasteiger partial charge in [-0.15, -0.1) is 4.98 Å². The van der Waals surface area contributed by atoms with Crippen LogP contribution in [-0.2, 0) is 7.05 Å². The highest BCUT2D eigenvalue weighted by atomic mass is 19.1. The van der Waals surface area contributed by atoms with Crippen LogP contribution in [0.4, 0.5) is 15.9 Å². The summed E-state index contributed by atoms with van der Waals surface area (Å²) in [7, 11) is 5.76. The number of nitrogens with zero attached hydrogens (tertiary/aromatic N) is 6. The van der Waals surface area contributed by atoms with Crippen LogP contribution in [-0.4, -0.2) is 51.4 Å². The van der Waals surface area contributed by atoms with Gasteiger partial charge in [0.05, 0.1) is 11.7 Å². The zero-order valence-electron chi connectivity index (χ0n) is 20.4. The molecule has 1 N–H and O–H groups in total. The fourth-order valence-corrected chi connectivity index (χ4v) is 4.28. The second-order valence-electron chi connectivity index (χ2n) is 9.00. The predicted molar refractivity (Wildman–Crippen MR) is 137 cm³/mol. The Morgan fingerprint density at radius 2 is 2.00 bits per heavy atom. The molecule has 36 heavy (non-hydrogen) atoms. The Bertz CT molecular complexity index is 1570. The highest BCUT2D eigenvalue weighted by Gasteiger charge is 2.22. The molecule has 0 bridgehead atoms. The molecule has 184 valence electrons. The van der Waals surface area contributed by atoms with Crippen LogP contribution in [0.15, 0.2) is 61.3 Å². The summed E-state index contributed by atoms with van der Waals surface area (Å²) in [6.07, 6.45) is 6.22. The number of aryl methyl sites for hydroxylation is 1. The van der Waals surface area contributed by atoms with E-state index in [2.05, 4.69) is 20.4 Å². The summed E-state index contributed by atoms with van der Waals surface area (Å²) in [5.41, 5.74) is 2.93. The van der Waals surface area contributed by atoms with Crippen molar-refractivity contribution < 1.29 is 13.9 Å². The van der Waals surface area contributed by atoms with Crippen molar-refractivity contribution in [2.45, 2.75) is 13.0 Å². The maximum Gasteiger partial charge on any atom is 0.241 e. The van der Waals surface area contributed by atoms with Gasteiger partial charge in [0, 0.05) is 36.9 Å². The van der Waals surface area contributed by atoms with E-state index in [1.165, 1.54) is 0 Å². The van der Waals surface area contributed by atoms with Gasteiger partial charge in [0.25, 0.3) is 0 Å². The minimum absolute atomic E-state index is 0.118. The molecule has 10 heteroatoms. The Labute approximate surface area is 207 Å². The first-order chi connectivity index (χ1) is 17.3. The molecule has 0 aliphatic carbocycles. The summed E-state index contributed by atoms with van der Waals surface area (Å²) < 4.78 is 24.0. The third-order valence-electron chi connectivity index (χ3n) is 5.80. The first-order valence-corrected chi connectivity index (χ1v) is 11.5. The zero-order chi connectivity index (χ0) is 25.4. The Morgan fingerprint density at radius 3 is 2.75 bits per heavy atom. The average Bonchev–Trinajstić information content (AvgIpc) is 3.28. The fraction of sp³-hybridized carbons (Fsp3) is 0.231. The molecule has 0 aliphatic heterocycles. The molecule has 0 saturated heterocycles. The van der Waals surface area contributed by atoms with Crippen LogP contribution in [0.5, 0.6) is 5.75 Å². The third kappa shape index (κ3) is 4.50. The van der Waals surface area contributed by atoms with E-state index in [4.69, 9.17) is 4.74 Å². The summed E-state index contributed by atoms with van der Waals surface area (Å²) in [6.45, 7) is 2.61. The largest absolute Gasteiger partial charge is 0.740 e. The molecule has 1 atom stereocenters. The number of fused-ring (bicyclic) bond motifs is 2. The number of pyridine rings is 1. The van der Waals surface area contributed by atoms with Gasteiger partial charge in [-0.1, -0.05) is 0 Å². The number of rotatable bonds is 7. The number of anilines is 2. The van der Waals surface area contributed by atoms with Crippen molar-refractivity contribution in [1.82, 2.24) is 24.6 Å². The summed E-state index contributed by atoms with van der Waals surface area (Å²) in [4.78, 5) is 10.6. The SMILES string of the molecule is C[C@H](CN(C)C)Oc1cc(-c2cnn(C)c2)cc2nc[n+]([O-])c(Nc3ccc4ncccc4c3F)c12. The summed E-state index contributed by atoms with van der Waals surface area (Å²) >= 11 is 0. The second-order valence-corrected chi connectivity index (χ2v) is 9.00. The highest BCUT2D eigenvalue weighted by Crippen LogP contribution is 2.37. The standard InChI is InChI=1S/C26H26FN7O2/c1-16(13-32(2)3)36-23-11-17(18-12-30-33(4)14-18)10-22-24(23)26(34(35)15-29-22)31-21-8-7-20-19(25(21)27)6-5-9-28-20/h5-12,14-16,31H,13H2,1-4H3/t16-/m1/s1. The molecule has 3 aromatic heterocycles. The highest BCUT2D eigenvalue weighted by molar-refractivity contribution is 5.98. The fourth-order valence-electron chi connectivity index (χ4n) is 4.28. The Balaban J connectivity index is 1.67. The van der Waals surface area contributed by atoms with Gasteiger partial charge in [0.2, 0.25) is 12.1 Å². The zero-order valence-corrected chi connectivity index (χ0v) is 20.4. The topological polar surface area (TPSA) is 95.0 Å². The molecular formula is C26H26FN7O2. The number of likely N-dealkylation sites (N-methyl/N-ethyl adjacent to an activating group) is 1. The molecule has 0 unspecified atom stereocenters. The first kappa shape index (κ1) is 23.4. The lowest BCUT2D eigenvalue weighted by molar-refractivity contribution is -0.592. The van der Waals surface area contributed by atoms with E-state index in [0.717, 1.165) is 17.5 Å². The minimum Gasteiger partial charge on any atom is -0.740 e. The molecule has 5 aromatic rings. The maximum atomic E-state index is 15.4. The van der Waals surface area contributed by atoms with Gasteiger partial charge in [-0.05, 0) is 63.0 Å². The normalized spacial score (nSPS) is 12.4. The van der Waals surface area contributed by atoms with E-state index >= 15 is 4.39 Å². The van der Waals surface area contributed by atoms with Crippen molar-refractivity contribution in [3.8, 4) is 16.9 Å². The quantitative estimate of drug-likeness (QED) is 0.274. The third-order valence-corrected chi connectivity index (χ3v) is 5.80. The number of ether oxygens (including phenoxy) is 1. The number of aromatic nitrogens is 5. The van der Waals surface area contributed by atoms with Crippen molar-refractivity contribution in [1.29, 1.82) is 0 Å². The molecule has 9 nitrogen and oxygen atoms in total. The smallest absolute Gasteiger partial charge is 0.241 e. The van der Waals surface area contributed by atoms with Crippen LogP contribution in [0.1, 0.15) is 6.92 Å². The number of hydrogen-bond donors (Lipinski definition) is 1. The van der Waals surface area contributed by atoms with Crippen molar-refractivity contribution in [2.24, 2.45) is 7.05 Å². The molecule has 0 spiro atoms. The Morgan fingerprint density at radius 1 is 1.17 bits per heavy atom.